The van der Waals surface area contributed by atoms with Crippen LogP contribution in [0.15, 0.2) is 382 Å². The fourth-order valence-electron chi connectivity index (χ4n) is 18.9. The van der Waals surface area contributed by atoms with Gasteiger partial charge in [-0.15, -0.1) is 0 Å². The van der Waals surface area contributed by atoms with Crippen molar-refractivity contribution in [3.05, 3.63) is 382 Å². The molecule has 0 aliphatic carbocycles. The van der Waals surface area contributed by atoms with Gasteiger partial charge in [-0.2, -0.15) is 0 Å². The average Bonchev–Trinajstić information content (AvgIpc) is 1.53. The third kappa shape index (κ3) is 8.58. The summed E-state index contributed by atoms with van der Waals surface area (Å²) >= 11 is 0. The van der Waals surface area contributed by atoms with Crippen molar-refractivity contribution in [2.24, 2.45) is 0 Å². The lowest BCUT2D eigenvalue weighted by Crippen LogP contribution is -1.96. The van der Waals surface area contributed by atoms with Crippen LogP contribution in [-0.4, -0.2) is 32.0 Å². The van der Waals surface area contributed by atoms with E-state index in [9.17, 15) is 0 Å². The van der Waals surface area contributed by atoms with Crippen LogP contribution in [0, 0.1) is 0 Å². The number of aromatic nitrogens is 7. The van der Waals surface area contributed by atoms with Crippen molar-refractivity contribution in [3.8, 4) is 62.1 Å². The smallest absolute Gasteiger partial charge is 0.0548 e. The molecular formula is C102H63N7. The molecule has 506 valence electrons. The first-order chi connectivity index (χ1) is 54.1. The van der Waals surface area contributed by atoms with E-state index in [0.717, 1.165) is 95.1 Å². The van der Waals surface area contributed by atoms with Crippen molar-refractivity contribution in [1.82, 2.24) is 32.0 Å². The minimum atomic E-state index is 1.10. The van der Waals surface area contributed by atoms with Crippen LogP contribution in [0.1, 0.15) is 0 Å². The Morgan fingerprint density at radius 2 is 0.321 bits per heavy atom. The molecule has 0 saturated heterocycles. The van der Waals surface area contributed by atoms with E-state index in [1.165, 1.54) is 120 Å². The van der Waals surface area contributed by atoms with Crippen LogP contribution in [0.2, 0.25) is 0 Å². The molecule has 0 amide bonds. The van der Waals surface area contributed by atoms with E-state index in [1.54, 1.807) is 0 Å². The molecule has 0 unspecified atom stereocenters. The highest BCUT2D eigenvalue weighted by molar-refractivity contribution is 6.31. The molecule has 0 atom stereocenters. The normalized spacial score (nSPS) is 12.2. The number of nitrogens with zero attached hydrogens (tertiary/aromatic N) is 7. The highest BCUT2D eigenvalue weighted by Crippen LogP contribution is 2.48. The van der Waals surface area contributed by atoms with Gasteiger partial charge in [-0.25, -0.2) is 0 Å². The van der Waals surface area contributed by atoms with Crippen molar-refractivity contribution in [2.45, 2.75) is 0 Å². The Morgan fingerprint density at radius 1 is 0.110 bits per heavy atom. The van der Waals surface area contributed by atoms with Crippen LogP contribution in [0.5, 0.6) is 0 Å². The topological polar surface area (TPSA) is 34.5 Å². The van der Waals surface area contributed by atoms with Crippen LogP contribution in [0.25, 0.3) is 215 Å². The summed E-state index contributed by atoms with van der Waals surface area (Å²) < 4.78 is 17.2. The van der Waals surface area contributed by atoms with Crippen LogP contribution < -0.4 is 0 Å². The fraction of sp³-hybridized carbons (Fsp3) is 0. The van der Waals surface area contributed by atoms with Gasteiger partial charge in [-0.05, 0) is 204 Å². The maximum Gasteiger partial charge on any atom is 0.0548 e. The van der Waals surface area contributed by atoms with E-state index in [0.29, 0.717) is 0 Å². The van der Waals surface area contributed by atoms with Crippen LogP contribution in [0.4, 0.5) is 0 Å². The van der Waals surface area contributed by atoms with Crippen molar-refractivity contribution in [3.63, 3.8) is 0 Å². The van der Waals surface area contributed by atoms with E-state index >= 15 is 0 Å². The minimum absolute atomic E-state index is 1.10. The molecule has 0 spiro atoms. The van der Waals surface area contributed by atoms with Crippen LogP contribution >= 0.6 is 0 Å². The van der Waals surface area contributed by atoms with E-state index < -0.39 is 0 Å². The van der Waals surface area contributed by atoms with Crippen LogP contribution in [0.3, 0.4) is 0 Å². The van der Waals surface area contributed by atoms with Gasteiger partial charge in [-0.1, -0.05) is 200 Å². The third-order valence-electron chi connectivity index (χ3n) is 23.5. The maximum atomic E-state index is 2.51. The zero-order valence-electron chi connectivity index (χ0n) is 59.0. The zero-order chi connectivity index (χ0) is 71.1. The van der Waals surface area contributed by atoms with Gasteiger partial charge in [0.1, 0.15) is 0 Å². The largest absolute Gasteiger partial charge is 0.309 e. The molecule has 7 heteroatoms. The first-order valence-electron chi connectivity index (χ1n) is 37.6. The molecule has 0 aliphatic heterocycles. The second-order valence-corrected chi connectivity index (χ2v) is 29.1. The lowest BCUT2D eigenvalue weighted by atomic mass is 9.99. The van der Waals surface area contributed by atoms with Gasteiger partial charge in [0, 0.05) is 115 Å². The minimum Gasteiger partial charge on any atom is -0.309 e. The van der Waals surface area contributed by atoms with Crippen molar-refractivity contribution in [1.29, 1.82) is 0 Å². The van der Waals surface area contributed by atoms with E-state index in [4.69, 9.17) is 0 Å². The molecule has 24 aromatic rings. The van der Waals surface area contributed by atoms with E-state index in [1.807, 2.05) is 0 Å². The Hall–Kier alpha value is -14.7. The summed E-state index contributed by atoms with van der Waals surface area (Å²) in [7, 11) is 0. The average molecular weight is 1390 g/mol. The van der Waals surface area contributed by atoms with Gasteiger partial charge < -0.3 is 32.0 Å². The van der Waals surface area contributed by atoms with Crippen molar-refractivity contribution < 1.29 is 0 Å². The van der Waals surface area contributed by atoms with Gasteiger partial charge in [0.2, 0.25) is 0 Å². The zero-order valence-corrected chi connectivity index (χ0v) is 59.0. The molecule has 17 aromatic carbocycles. The molecule has 24 rings (SSSR count). The monoisotopic (exact) mass is 1390 g/mol. The van der Waals surface area contributed by atoms with E-state index in [-0.39, 0.29) is 0 Å². The summed E-state index contributed by atoms with van der Waals surface area (Å²) in [6, 6.07) is 142. The Morgan fingerprint density at radius 3 is 0.706 bits per heavy atom. The number of para-hydroxylation sites is 8. The molecule has 7 heterocycles. The molecule has 0 fully saturated rings. The number of hydrogen-bond acceptors (Lipinski definition) is 0. The molecule has 109 heavy (non-hydrogen) atoms. The molecule has 0 aliphatic rings. The summed E-state index contributed by atoms with van der Waals surface area (Å²) in [5.74, 6) is 0. The third-order valence-corrected chi connectivity index (χ3v) is 23.5. The highest BCUT2D eigenvalue weighted by atomic mass is 15.0. The van der Waals surface area contributed by atoms with Crippen molar-refractivity contribution >= 4 is 153 Å². The first-order valence-corrected chi connectivity index (χ1v) is 37.6. The summed E-state index contributed by atoms with van der Waals surface area (Å²) in [6.45, 7) is 0. The van der Waals surface area contributed by atoms with Crippen molar-refractivity contribution in [2.75, 3.05) is 0 Å². The number of benzene rings is 17. The standard InChI is InChI=1S/C102H63N7/c1-5-23-64(24-6-1)65-41-45-71(46-42-65)106-94-51-44-67(60-84(94)102-98(106)58-57-97-101(102)79-35-17-22-40-89(79)108(97)73-48-53-92-82(62-73)76-32-14-19-37-86(76)104(92)69-27-9-3-10-28-69)66-43-50-90-80(59-66)83-63-74(49-54-93(83)105(90)70-29-11-4-12-30-70)109-88-39-21-16-34-78(88)100-96(109)56-55-95-99(100)77-33-15-20-38-87(77)107(95)72-47-52-91-81(61-72)75-31-13-18-36-85(75)103(91)68-25-7-2-8-26-68/h1-63H. The molecule has 7 nitrogen and oxygen atoms in total. The maximum absolute atomic E-state index is 2.51. The summed E-state index contributed by atoms with van der Waals surface area (Å²) in [6.07, 6.45) is 0. The Labute approximate surface area is 624 Å². The van der Waals surface area contributed by atoms with Crippen LogP contribution in [-0.2, 0) is 0 Å². The summed E-state index contributed by atoms with van der Waals surface area (Å²) in [4.78, 5) is 0. The Kier molecular flexibility index (Phi) is 12.6. The number of fused-ring (bicyclic) bond motifs is 23. The molecule has 0 saturated carbocycles. The quantitative estimate of drug-likeness (QED) is 0.138. The van der Waals surface area contributed by atoms with Gasteiger partial charge >= 0.3 is 0 Å². The van der Waals surface area contributed by atoms with Gasteiger partial charge in [0.05, 0.1) is 77.2 Å². The predicted octanol–water partition coefficient (Wildman–Crippen LogP) is 26.7. The molecule has 7 aromatic heterocycles. The molecule has 0 N–H and O–H groups in total. The summed E-state index contributed by atoms with van der Waals surface area (Å²) in [5.41, 5.74) is 28.9. The number of hydrogen-bond donors (Lipinski definition) is 0. The van der Waals surface area contributed by atoms with Gasteiger partial charge in [0.25, 0.3) is 0 Å². The lowest BCUT2D eigenvalue weighted by Gasteiger charge is -2.11. The summed E-state index contributed by atoms with van der Waals surface area (Å²) in [5, 5.41) is 17.0. The highest BCUT2D eigenvalue weighted by Gasteiger charge is 2.27. The van der Waals surface area contributed by atoms with Gasteiger partial charge in [0.15, 0.2) is 0 Å². The molecule has 0 radical (unpaired) electrons. The Balaban J connectivity index is 0.702. The van der Waals surface area contributed by atoms with E-state index in [2.05, 4.69) is 414 Å². The molecule has 0 bridgehead atoms. The fourth-order valence-corrected chi connectivity index (χ4v) is 18.9. The predicted molar refractivity (Wildman–Crippen MR) is 458 cm³/mol. The second kappa shape index (κ2) is 22.9. The first kappa shape index (κ1) is 59.7. The SMILES string of the molecule is c1ccc(-c2ccc(-n3c4ccc(-c5ccc6c(c5)c5cc(-n7c8ccccc8c8c9c%10ccccc%10n(-c%10ccc%11c(c%10)c%10ccccc%10n%11-c%10ccccc%10)c9ccc87)ccc5n6-c5ccccc5)cc4c4c5c6ccccc6n(-c6ccc7c(c6)c6ccccc6n7-c6ccccc6)c5ccc43)cc2)cc1. The second-order valence-electron chi connectivity index (χ2n) is 29.1. The number of rotatable bonds is 9. The Bertz CT molecular complexity index is 7930. The van der Waals surface area contributed by atoms with Gasteiger partial charge in [-0.3, -0.25) is 0 Å². The lowest BCUT2D eigenvalue weighted by molar-refractivity contribution is 1.16. The molecular weight excluding hydrogens is 1320 g/mol.